The zero-order valence-electron chi connectivity index (χ0n) is 8.79. The van der Waals surface area contributed by atoms with E-state index in [4.69, 9.17) is 27.9 Å². The molecule has 0 saturated carbocycles. The van der Waals surface area contributed by atoms with Crippen molar-refractivity contribution in [2.24, 2.45) is 0 Å². The monoisotopic (exact) mass is 270 g/mol. The van der Waals surface area contributed by atoms with Crippen LogP contribution in [-0.4, -0.2) is 0 Å². The molecule has 0 aliphatic rings. The fraction of sp³-hybridized carbons (Fsp3) is 0.0769. The Bertz CT molecular complexity index is 529. The number of para-hydroxylation sites is 1. The standard InChI is InChI=1S/C13H9Cl2FO/c14-10-3-1-2-4-13(10)17-8-9-5-6-12(16)11(15)7-9/h1-7H,8H2. The molecule has 17 heavy (non-hydrogen) atoms. The number of hydrogen-bond acceptors (Lipinski definition) is 1. The Morgan fingerprint density at radius 3 is 2.47 bits per heavy atom. The molecule has 0 saturated heterocycles. The summed E-state index contributed by atoms with van der Waals surface area (Å²) in [5.74, 6) is 0.155. The Kier molecular flexibility index (Phi) is 3.87. The van der Waals surface area contributed by atoms with Crippen LogP contribution >= 0.6 is 23.2 Å². The van der Waals surface area contributed by atoms with Gasteiger partial charge in [0.05, 0.1) is 10.0 Å². The van der Waals surface area contributed by atoms with Gasteiger partial charge in [0, 0.05) is 0 Å². The second kappa shape index (κ2) is 5.39. The number of halogens is 3. The molecule has 0 heterocycles. The molecule has 0 atom stereocenters. The van der Waals surface area contributed by atoms with Crippen LogP contribution in [0.3, 0.4) is 0 Å². The quantitative estimate of drug-likeness (QED) is 0.785. The molecule has 88 valence electrons. The van der Waals surface area contributed by atoms with Crippen molar-refractivity contribution in [1.82, 2.24) is 0 Å². The Labute approximate surface area is 109 Å². The van der Waals surface area contributed by atoms with Crippen molar-refractivity contribution in [3.8, 4) is 5.75 Å². The highest BCUT2D eigenvalue weighted by atomic mass is 35.5. The molecule has 0 fully saturated rings. The molecule has 0 bridgehead atoms. The molecule has 0 radical (unpaired) electrons. The first-order valence-electron chi connectivity index (χ1n) is 4.98. The summed E-state index contributed by atoms with van der Waals surface area (Å²) in [5.41, 5.74) is 0.788. The van der Waals surface area contributed by atoms with Gasteiger partial charge in [-0.05, 0) is 29.8 Å². The number of hydrogen-bond donors (Lipinski definition) is 0. The molecule has 2 rings (SSSR count). The van der Waals surface area contributed by atoms with Crippen molar-refractivity contribution in [2.75, 3.05) is 0 Å². The van der Waals surface area contributed by atoms with E-state index in [1.165, 1.54) is 12.1 Å². The molecular formula is C13H9Cl2FO. The third-order valence-electron chi connectivity index (χ3n) is 2.22. The van der Waals surface area contributed by atoms with Gasteiger partial charge in [0.2, 0.25) is 0 Å². The van der Waals surface area contributed by atoms with Crippen molar-refractivity contribution >= 4 is 23.2 Å². The van der Waals surface area contributed by atoms with Crippen LogP contribution in [-0.2, 0) is 6.61 Å². The SMILES string of the molecule is Fc1ccc(COc2ccccc2Cl)cc1Cl. The van der Waals surface area contributed by atoms with Gasteiger partial charge < -0.3 is 4.74 Å². The average Bonchev–Trinajstić information content (AvgIpc) is 2.32. The van der Waals surface area contributed by atoms with Crippen LogP contribution in [0, 0.1) is 5.82 Å². The van der Waals surface area contributed by atoms with Gasteiger partial charge in [-0.2, -0.15) is 0 Å². The lowest BCUT2D eigenvalue weighted by Gasteiger charge is -2.08. The first-order valence-corrected chi connectivity index (χ1v) is 5.73. The van der Waals surface area contributed by atoms with E-state index >= 15 is 0 Å². The zero-order chi connectivity index (χ0) is 12.3. The first-order chi connectivity index (χ1) is 8.16. The lowest BCUT2D eigenvalue weighted by Crippen LogP contribution is -1.96. The number of ether oxygens (including phenoxy) is 1. The van der Waals surface area contributed by atoms with Crippen molar-refractivity contribution in [1.29, 1.82) is 0 Å². The first kappa shape index (κ1) is 12.2. The largest absolute Gasteiger partial charge is 0.487 e. The summed E-state index contributed by atoms with van der Waals surface area (Å²) in [7, 11) is 0. The maximum absolute atomic E-state index is 12.9. The molecule has 0 aromatic heterocycles. The van der Waals surface area contributed by atoms with Gasteiger partial charge in [0.25, 0.3) is 0 Å². The molecule has 2 aromatic rings. The minimum absolute atomic E-state index is 0.0882. The lowest BCUT2D eigenvalue weighted by molar-refractivity contribution is 0.306. The molecule has 1 nitrogen and oxygen atoms in total. The highest BCUT2D eigenvalue weighted by Crippen LogP contribution is 2.24. The molecular weight excluding hydrogens is 262 g/mol. The van der Waals surface area contributed by atoms with Crippen LogP contribution in [0.4, 0.5) is 4.39 Å². The maximum atomic E-state index is 12.9. The van der Waals surface area contributed by atoms with Crippen LogP contribution in [0.15, 0.2) is 42.5 Å². The molecule has 0 aliphatic heterocycles. The van der Waals surface area contributed by atoms with Crippen molar-refractivity contribution in [2.45, 2.75) is 6.61 Å². The highest BCUT2D eigenvalue weighted by molar-refractivity contribution is 6.32. The summed E-state index contributed by atoms with van der Waals surface area (Å²) >= 11 is 11.6. The summed E-state index contributed by atoms with van der Waals surface area (Å²) in [4.78, 5) is 0. The lowest BCUT2D eigenvalue weighted by atomic mass is 10.2. The fourth-order valence-electron chi connectivity index (χ4n) is 1.35. The van der Waals surface area contributed by atoms with Gasteiger partial charge in [-0.15, -0.1) is 0 Å². The van der Waals surface area contributed by atoms with Gasteiger partial charge in [-0.3, -0.25) is 0 Å². The van der Waals surface area contributed by atoms with E-state index < -0.39 is 5.82 Å². The number of rotatable bonds is 3. The van der Waals surface area contributed by atoms with Gasteiger partial charge >= 0.3 is 0 Å². The van der Waals surface area contributed by atoms with E-state index in [0.29, 0.717) is 17.4 Å². The fourth-order valence-corrected chi connectivity index (χ4v) is 1.75. The Morgan fingerprint density at radius 1 is 1.00 bits per heavy atom. The summed E-state index contributed by atoms with van der Waals surface area (Å²) in [6.07, 6.45) is 0. The predicted molar refractivity (Wildman–Crippen MR) is 67.2 cm³/mol. The highest BCUT2D eigenvalue weighted by Gasteiger charge is 2.03. The van der Waals surface area contributed by atoms with Crippen molar-refractivity contribution in [3.63, 3.8) is 0 Å². The second-order valence-corrected chi connectivity index (χ2v) is 4.28. The summed E-state index contributed by atoms with van der Waals surface area (Å²) in [6, 6.07) is 11.6. The Balaban J connectivity index is 2.08. The molecule has 0 N–H and O–H groups in total. The third-order valence-corrected chi connectivity index (χ3v) is 2.82. The van der Waals surface area contributed by atoms with Crippen LogP contribution in [0.5, 0.6) is 5.75 Å². The zero-order valence-corrected chi connectivity index (χ0v) is 10.3. The van der Waals surface area contributed by atoms with E-state index in [0.717, 1.165) is 5.56 Å². The van der Waals surface area contributed by atoms with Gasteiger partial charge in [0.1, 0.15) is 18.2 Å². The van der Waals surface area contributed by atoms with E-state index in [1.807, 2.05) is 12.1 Å². The second-order valence-electron chi connectivity index (χ2n) is 3.47. The minimum atomic E-state index is -0.437. The molecule has 0 aliphatic carbocycles. The summed E-state index contributed by atoms with van der Waals surface area (Å²) in [6.45, 7) is 0.295. The summed E-state index contributed by atoms with van der Waals surface area (Å²) < 4.78 is 18.4. The Morgan fingerprint density at radius 2 is 1.76 bits per heavy atom. The maximum Gasteiger partial charge on any atom is 0.141 e. The van der Waals surface area contributed by atoms with E-state index in [1.54, 1.807) is 18.2 Å². The van der Waals surface area contributed by atoms with Crippen molar-refractivity contribution < 1.29 is 9.13 Å². The van der Waals surface area contributed by atoms with E-state index in [2.05, 4.69) is 0 Å². The smallest absolute Gasteiger partial charge is 0.141 e. The Hall–Kier alpha value is -1.25. The predicted octanol–water partition coefficient (Wildman–Crippen LogP) is 4.71. The topological polar surface area (TPSA) is 9.23 Å². The molecule has 0 spiro atoms. The van der Waals surface area contributed by atoms with E-state index in [-0.39, 0.29) is 5.02 Å². The normalized spacial score (nSPS) is 10.3. The van der Waals surface area contributed by atoms with Crippen LogP contribution in [0.25, 0.3) is 0 Å². The van der Waals surface area contributed by atoms with Crippen LogP contribution in [0.1, 0.15) is 5.56 Å². The third kappa shape index (κ3) is 3.11. The van der Waals surface area contributed by atoms with Gasteiger partial charge in [-0.1, -0.05) is 41.4 Å². The molecule has 4 heteroatoms. The van der Waals surface area contributed by atoms with Crippen LogP contribution < -0.4 is 4.74 Å². The van der Waals surface area contributed by atoms with Crippen molar-refractivity contribution in [3.05, 3.63) is 63.9 Å². The molecule has 0 unspecified atom stereocenters. The van der Waals surface area contributed by atoms with Gasteiger partial charge in [-0.25, -0.2) is 4.39 Å². The van der Waals surface area contributed by atoms with Crippen LogP contribution in [0.2, 0.25) is 10.0 Å². The molecule has 0 amide bonds. The summed E-state index contributed by atoms with van der Waals surface area (Å²) in [5, 5.41) is 0.631. The average molecular weight is 271 g/mol. The van der Waals surface area contributed by atoms with E-state index in [9.17, 15) is 4.39 Å². The minimum Gasteiger partial charge on any atom is -0.487 e. The van der Waals surface area contributed by atoms with Gasteiger partial charge in [0.15, 0.2) is 0 Å². The molecule has 2 aromatic carbocycles. The number of benzene rings is 2.